The topological polar surface area (TPSA) is 53.7 Å². The molecular formula is C17H18N4O. The molecule has 5 nitrogen and oxygen atoms in total. The van der Waals surface area contributed by atoms with Crippen molar-refractivity contribution in [3.05, 3.63) is 47.3 Å². The van der Waals surface area contributed by atoms with E-state index >= 15 is 0 Å². The number of benzene rings is 1. The van der Waals surface area contributed by atoms with Gasteiger partial charge < -0.3 is 10.0 Å². The van der Waals surface area contributed by atoms with Gasteiger partial charge in [-0.2, -0.15) is 9.61 Å². The standard InChI is InChI=1S/C17H18N4O/c1-11-3-5-12(6-4-11)14-9-18-21-16(14)19-15-10-20(2)8-7-13(15)17(21)22/h3-6,9,22H,7-8,10H2,1-2H3. The van der Waals surface area contributed by atoms with Crippen molar-refractivity contribution in [3.8, 4) is 17.0 Å². The number of aryl methyl sites for hydroxylation is 1. The lowest BCUT2D eigenvalue weighted by atomic mass is 10.1. The van der Waals surface area contributed by atoms with Crippen LogP contribution in [0.1, 0.15) is 16.8 Å². The average molecular weight is 294 g/mol. The molecule has 0 aliphatic carbocycles. The second kappa shape index (κ2) is 4.81. The molecule has 1 aliphatic rings. The van der Waals surface area contributed by atoms with E-state index in [0.717, 1.165) is 47.5 Å². The van der Waals surface area contributed by atoms with Crippen LogP contribution in [0.25, 0.3) is 16.8 Å². The summed E-state index contributed by atoms with van der Waals surface area (Å²) in [4.78, 5) is 7.00. The molecule has 0 radical (unpaired) electrons. The van der Waals surface area contributed by atoms with Gasteiger partial charge in [-0.25, -0.2) is 4.98 Å². The number of aromatic hydroxyl groups is 1. The minimum Gasteiger partial charge on any atom is -0.493 e. The van der Waals surface area contributed by atoms with Crippen LogP contribution in [0.2, 0.25) is 0 Å². The van der Waals surface area contributed by atoms with Crippen molar-refractivity contribution in [2.45, 2.75) is 19.9 Å². The summed E-state index contributed by atoms with van der Waals surface area (Å²) in [7, 11) is 2.07. The van der Waals surface area contributed by atoms with Gasteiger partial charge in [0.25, 0.3) is 0 Å². The first-order valence-electron chi connectivity index (χ1n) is 7.47. The molecule has 3 aromatic rings. The molecule has 2 aromatic heterocycles. The molecule has 3 heterocycles. The maximum atomic E-state index is 10.5. The van der Waals surface area contributed by atoms with Crippen molar-refractivity contribution in [3.63, 3.8) is 0 Å². The second-order valence-corrected chi connectivity index (χ2v) is 6.01. The summed E-state index contributed by atoms with van der Waals surface area (Å²) in [6.07, 6.45) is 2.59. The molecular weight excluding hydrogens is 276 g/mol. The fourth-order valence-corrected chi connectivity index (χ4v) is 3.02. The zero-order valence-corrected chi connectivity index (χ0v) is 12.7. The van der Waals surface area contributed by atoms with Gasteiger partial charge >= 0.3 is 0 Å². The van der Waals surface area contributed by atoms with Gasteiger partial charge in [0.2, 0.25) is 5.88 Å². The van der Waals surface area contributed by atoms with E-state index < -0.39 is 0 Å². The maximum Gasteiger partial charge on any atom is 0.219 e. The van der Waals surface area contributed by atoms with Gasteiger partial charge in [0, 0.05) is 24.2 Å². The smallest absolute Gasteiger partial charge is 0.219 e. The molecule has 4 rings (SSSR count). The fourth-order valence-electron chi connectivity index (χ4n) is 3.02. The van der Waals surface area contributed by atoms with E-state index in [2.05, 4.69) is 48.2 Å². The lowest BCUT2D eigenvalue weighted by Gasteiger charge is -2.24. The van der Waals surface area contributed by atoms with Gasteiger partial charge in [-0.1, -0.05) is 29.8 Å². The van der Waals surface area contributed by atoms with E-state index in [1.54, 1.807) is 10.7 Å². The van der Waals surface area contributed by atoms with Gasteiger partial charge in [-0.3, -0.25) is 0 Å². The Morgan fingerprint density at radius 3 is 2.73 bits per heavy atom. The van der Waals surface area contributed by atoms with Gasteiger partial charge in [0.05, 0.1) is 11.9 Å². The van der Waals surface area contributed by atoms with E-state index in [1.165, 1.54) is 5.56 Å². The average Bonchev–Trinajstić information content (AvgIpc) is 2.92. The molecule has 0 amide bonds. The lowest BCUT2D eigenvalue weighted by Crippen LogP contribution is -2.28. The molecule has 0 fully saturated rings. The van der Waals surface area contributed by atoms with Crippen molar-refractivity contribution >= 4 is 5.65 Å². The molecule has 0 atom stereocenters. The van der Waals surface area contributed by atoms with Crippen LogP contribution in [0.4, 0.5) is 0 Å². The van der Waals surface area contributed by atoms with Crippen LogP contribution in [-0.4, -0.2) is 38.2 Å². The maximum absolute atomic E-state index is 10.5. The Morgan fingerprint density at radius 2 is 1.95 bits per heavy atom. The number of hydrogen-bond donors (Lipinski definition) is 1. The highest BCUT2D eigenvalue weighted by molar-refractivity contribution is 5.77. The van der Waals surface area contributed by atoms with Crippen molar-refractivity contribution in [1.29, 1.82) is 0 Å². The summed E-state index contributed by atoms with van der Waals surface area (Å²) in [6.45, 7) is 3.76. The van der Waals surface area contributed by atoms with Gasteiger partial charge in [0.15, 0.2) is 5.65 Å². The summed E-state index contributed by atoms with van der Waals surface area (Å²) in [5, 5.41) is 14.9. The Hall–Kier alpha value is -2.40. The third kappa shape index (κ3) is 1.97. The van der Waals surface area contributed by atoms with Crippen LogP contribution in [0.3, 0.4) is 0 Å². The summed E-state index contributed by atoms with van der Waals surface area (Å²) < 4.78 is 1.55. The number of rotatable bonds is 1. The van der Waals surface area contributed by atoms with Crippen molar-refractivity contribution in [1.82, 2.24) is 19.5 Å². The Balaban J connectivity index is 1.93. The number of nitrogens with zero attached hydrogens (tertiary/aromatic N) is 4. The van der Waals surface area contributed by atoms with Crippen LogP contribution >= 0.6 is 0 Å². The highest BCUT2D eigenvalue weighted by atomic mass is 16.3. The van der Waals surface area contributed by atoms with Crippen molar-refractivity contribution in [2.75, 3.05) is 13.6 Å². The predicted octanol–water partition coefficient (Wildman–Crippen LogP) is 2.40. The van der Waals surface area contributed by atoms with E-state index in [9.17, 15) is 5.11 Å². The van der Waals surface area contributed by atoms with E-state index in [4.69, 9.17) is 4.98 Å². The monoisotopic (exact) mass is 294 g/mol. The van der Waals surface area contributed by atoms with Crippen LogP contribution in [0, 0.1) is 6.92 Å². The first kappa shape index (κ1) is 13.3. The molecule has 5 heteroatoms. The highest BCUT2D eigenvalue weighted by Gasteiger charge is 2.22. The molecule has 0 saturated heterocycles. The van der Waals surface area contributed by atoms with Crippen LogP contribution in [-0.2, 0) is 13.0 Å². The molecule has 0 saturated carbocycles. The summed E-state index contributed by atoms with van der Waals surface area (Å²) in [6, 6.07) is 8.28. The van der Waals surface area contributed by atoms with Crippen molar-refractivity contribution in [2.24, 2.45) is 0 Å². The number of fused-ring (bicyclic) bond motifs is 2. The number of aromatic nitrogens is 3. The molecule has 0 unspecified atom stereocenters. The normalized spacial score (nSPS) is 15.2. The number of likely N-dealkylation sites (N-methyl/N-ethyl adjacent to an activating group) is 1. The highest BCUT2D eigenvalue weighted by Crippen LogP contribution is 2.31. The second-order valence-electron chi connectivity index (χ2n) is 6.01. The van der Waals surface area contributed by atoms with E-state index in [0.29, 0.717) is 0 Å². The van der Waals surface area contributed by atoms with Crippen LogP contribution in [0.5, 0.6) is 5.88 Å². The van der Waals surface area contributed by atoms with Gasteiger partial charge in [-0.05, 0) is 26.0 Å². The SMILES string of the molecule is Cc1ccc(-c2cnn3c(O)c4c(nc23)CN(C)CC4)cc1. The lowest BCUT2D eigenvalue weighted by molar-refractivity contribution is 0.299. The largest absolute Gasteiger partial charge is 0.493 e. The third-order valence-electron chi connectivity index (χ3n) is 4.33. The van der Waals surface area contributed by atoms with Crippen LogP contribution < -0.4 is 0 Å². The molecule has 1 aromatic carbocycles. The van der Waals surface area contributed by atoms with Gasteiger partial charge in [0.1, 0.15) is 0 Å². The van der Waals surface area contributed by atoms with Crippen molar-refractivity contribution < 1.29 is 5.11 Å². The summed E-state index contributed by atoms with van der Waals surface area (Å²) >= 11 is 0. The minimum absolute atomic E-state index is 0.228. The van der Waals surface area contributed by atoms with Crippen LogP contribution in [0.15, 0.2) is 30.5 Å². The van der Waals surface area contributed by atoms with E-state index in [-0.39, 0.29) is 5.88 Å². The Morgan fingerprint density at radius 1 is 1.18 bits per heavy atom. The quantitative estimate of drug-likeness (QED) is 0.749. The zero-order chi connectivity index (χ0) is 15.3. The Kier molecular flexibility index (Phi) is 2.90. The summed E-state index contributed by atoms with van der Waals surface area (Å²) in [5.74, 6) is 0.228. The first-order valence-corrected chi connectivity index (χ1v) is 7.47. The predicted molar refractivity (Wildman–Crippen MR) is 84.9 cm³/mol. The van der Waals surface area contributed by atoms with Gasteiger partial charge in [-0.15, -0.1) is 0 Å². The fraction of sp³-hybridized carbons (Fsp3) is 0.294. The minimum atomic E-state index is 0.228. The molecule has 0 spiro atoms. The zero-order valence-electron chi connectivity index (χ0n) is 12.7. The molecule has 112 valence electrons. The Bertz CT molecular complexity index is 851. The summed E-state index contributed by atoms with van der Waals surface area (Å²) in [5.41, 5.74) is 5.82. The molecule has 22 heavy (non-hydrogen) atoms. The molecule has 1 aliphatic heterocycles. The molecule has 0 bridgehead atoms. The third-order valence-corrected chi connectivity index (χ3v) is 4.33. The molecule has 1 N–H and O–H groups in total. The Labute approximate surface area is 128 Å². The first-order chi connectivity index (χ1) is 10.6. The number of hydrogen-bond acceptors (Lipinski definition) is 4. The van der Waals surface area contributed by atoms with E-state index in [1.807, 2.05) is 0 Å².